The number of rotatable bonds is 3. The molecule has 2 heterocycles. The minimum absolute atomic E-state index is 0.199. The van der Waals surface area contributed by atoms with Crippen LogP contribution < -0.4 is 10.9 Å². The molecule has 0 saturated heterocycles. The molecule has 0 unspecified atom stereocenters. The van der Waals surface area contributed by atoms with Gasteiger partial charge in [-0.3, -0.25) is 25.5 Å². The van der Waals surface area contributed by atoms with E-state index < -0.39 is 11.8 Å². The van der Waals surface area contributed by atoms with Crippen molar-refractivity contribution in [1.82, 2.24) is 21.0 Å². The highest BCUT2D eigenvalue weighted by Crippen LogP contribution is 2.22. The Bertz CT molecular complexity index is 828. The van der Waals surface area contributed by atoms with Gasteiger partial charge in [-0.25, -0.2) is 0 Å². The van der Waals surface area contributed by atoms with Crippen molar-refractivity contribution >= 4 is 39.1 Å². The van der Waals surface area contributed by atoms with Gasteiger partial charge in [-0.05, 0) is 41.8 Å². The third-order valence-electron chi connectivity index (χ3n) is 2.99. The van der Waals surface area contributed by atoms with Gasteiger partial charge in [0.2, 0.25) is 0 Å². The summed E-state index contributed by atoms with van der Waals surface area (Å²) >= 11 is 4.83. The predicted octanol–water partition coefficient (Wildman–Crippen LogP) is 2.98. The summed E-state index contributed by atoms with van der Waals surface area (Å²) in [6.07, 6.45) is 0. The number of nitrogens with zero attached hydrogens (tertiary/aromatic N) is 1. The molecule has 3 N–H and O–H groups in total. The van der Waals surface area contributed by atoms with Crippen LogP contribution in [0.3, 0.4) is 0 Å². The Morgan fingerprint density at radius 2 is 1.83 bits per heavy atom. The van der Waals surface area contributed by atoms with Crippen molar-refractivity contribution in [2.45, 2.75) is 0 Å². The number of hydrogen-bond donors (Lipinski definition) is 3. The average molecular weight is 391 g/mol. The predicted molar refractivity (Wildman–Crippen MR) is 91.0 cm³/mol. The first-order valence-corrected chi connectivity index (χ1v) is 8.26. The first-order chi connectivity index (χ1) is 11.1. The van der Waals surface area contributed by atoms with Gasteiger partial charge in [0.1, 0.15) is 0 Å². The van der Waals surface area contributed by atoms with Crippen LogP contribution in [0.5, 0.6) is 0 Å². The molecule has 1 aromatic carbocycles. The number of carbonyl (C=O) groups excluding carboxylic acids is 2. The van der Waals surface area contributed by atoms with Crippen molar-refractivity contribution in [3.05, 3.63) is 63.6 Å². The topological polar surface area (TPSA) is 86.9 Å². The fourth-order valence-electron chi connectivity index (χ4n) is 1.85. The maximum Gasteiger partial charge on any atom is 0.290 e. The molecule has 0 spiro atoms. The summed E-state index contributed by atoms with van der Waals surface area (Å²) in [5.41, 5.74) is 6.09. The lowest BCUT2D eigenvalue weighted by Crippen LogP contribution is -2.41. The van der Waals surface area contributed by atoms with E-state index in [2.05, 4.69) is 37.0 Å². The van der Waals surface area contributed by atoms with Crippen LogP contribution in [0.4, 0.5) is 0 Å². The first-order valence-electron chi connectivity index (χ1n) is 6.59. The molecule has 0 radical (unpaired) electrons. The zero-order chi connectivity index (χ0) is 16.2. The summed E-state index contributed by atoms with van der Waals surface area (Å²) < 4.78 is 0.871. The van der Waals surface area contributed by atoms with E-state index >= 15 is 0 Å². The number of H-pyrrole nitrogens is 1. The normalized spacial score (nSPS) is 10.3. The fraction of sp³-hybridized carbons (Fsp3) is 0. The van der Waals surface area contributed by atoms with Gasteiger partial charge in [0.15, 0.2) is 5.69 Å². The number of amides is 2. The van der Waals surface area contributed by atoms with E-state index in [0.717, 1.165) is 15.0 Å². The Balaban J connectivity index is 1.61. The molecule has 0 aliphatic heterocycles. The standard InChI is InChI=1S/C15H11BrN4O2S/c16-10-5-3-9(4-6-10)14(21)19-20-15(22)12-8-11(17-18-12)13-2-1-7-23-13/h1-8H,(H,17,18)(H,19,21)(H,20,22). The average Bonchev–Trinajstić information content (AvgIpc) is 3.23. The van der Waals surface area contributed by atoms with Gasteiger partial charge in [0.05, 0.1) is 10.6 Å². The molecule has 0 aliphatic carbocycles. The second kappa shape index (κ2) is 6.76. The van der Waals surface area contributed by atoms with Crippen LogP contribution in [0.2, 0.25) is 0 Å². The van der Waals surface area contributed by atoms with E-state index in [1.165, 1.54) is 0 Å². The summed E-state index contributed by atoms with van der Waals surface area (Å²) in [5.74, 6) is -0.894. The number of aromatic amines is 1. The van der Waals surface area contributed by atoms with Crippen molar-refractivity contribution in [2.24, 2.45) is 0 Å². The Morgan fingerprint density at radius 1 is 1.09 bits per heavy atom. The number of halogens is 1. The maximum absolute atomic E-state index is 12.0. The van der Waals surface area contributed by atoms with Crippen LogP contribution in [0, 0.1) is 0 Å². The lowest BCUT2D eigenvalue weighted by Gasteiger charge is -2.05. The molecule has 0 saturated carbocycles. The summed E-state index contributed by atoms with van der Waals surface area (Å²) in [4.78, 5) is 24.9. The molecule has 0 bridgehead atoms. The molecule has 6 nitrogen and oxygen atoms in total. The SMILES string of the molecule is O=C(NNC(=O)c1cc(-c2cccs2)[nH]n1)c1ccc(Br)cc1. The number of aromatic nitrogens is 2. The van der Waals surface area contributed by atoms with Crippen molar-refractivity contribution in [3.63, 3.8) is 0 Å². The van der Waals surface area contributed by atoms with Crippen molar-refractivity contribution in [3.8, 4) is 10.6 Å². The van der Waals surface area contributed by atoms with Crippen molar-refractivity contribution in [1.29, 1.82) is 0 Å². The van der Waals surface area contributed by atoms with Crippen LogP contribution in [0.15, 0.2) is 52.3 Å². The van der Waals surface area contributed by atoms with Crippen molar-refractivity contribution in [2.75, 3.05) is 0 Å². The highest BCUT2D eigenvalue weighted by Gasteiger charge is 2.13. The van der Waals surface area contributed by atoms with Crippen molar-refractivity contribution < 1.29 is 9.59 Å². The van der Waals surface area contributed by atoms with Crippen LogP contribution in [-0.2, 0) is 0 Å². The molecular formula is C15H11BrN4O2S. The minimum atomic E-state index is -0.491. The number of carbonyl (C=O) groups is 2. The summed E-state index contributed by atoms with van der Waals surface area (Å²) in [5, 5.41) is 8.68. The van der Waals surface area contributed by atoms with Crippen LogP contribution in [-0.4, -0.2) is 22.0 Å². The molecule has 2 aromatic heterocycles. The molecule has 3 aromatic rings. The van der Waals surface area contributed by atoms with E-state index in [4.69, 9.17) is 0 Å². The maximum atomic E-state index is 12.0. The lowest BCUT2D eigenvalue weighted by atomic mass is 10.2. The summed E-state index contributed by atoms with van der Waals surface area (Å²) in [6.45, 7) is 0. The number of nitrogens with one attached hydrogen (secondary N) is 3. The fourth-order valence-corrected chi connectivity index (χ4v) is 2.80. The van der Waals surface area contributed by atoms with Gasteiger partial charge in [-0.1, -0.05) is 22.0 Å². The molecule has 0 fully saturated rings. The van der Waals surface area contributed by atoms with Gasteiger partial charge in [0.25, 0.3) is 11.8 Å². The lowest BCUT2D eigenvalue weighted by molar-refractivity contribution is 0.0844. The van der Waals surface area contributed by atoms with Crippen LogP contribution in [0.1, 0.15) is 20.8 Å². The van der Waals surface area contributed by atoms with Gasteiger partial charge in [0, 0.05) is 10.0 Å². The molecule has 2 amide bonds. The highest BCUT2D eigenvalue weighted by atomic mass is 79.9. The van der Waals surface area contributed by atoms with E-state index in [-0.39, 0.29) is 5.69 Å². The monoisotopic (exact) mass is 390 g/mol. The molecule has 116 valence electrons. The van der Waals surface area contributed by atoms with E-state index in [0.29, 0.717) is 5.56 Å². The second-order valence-electron chi connectivity index (χ2n) is 4.56. The van der Waals surface area contributed by atoms with Crippen LogP contribution in [0.25, 0.3) is 10.6 Å². The smallest absolute Gasteiger partial charge is 0.276 e. The molecule has 0 aliphatic rings. The molecule has 8 heteroatoms. The zero-order valence-corrected chi connectivity index (χ0v) is 14.1. The summed E-state index contributed by atoms with van der Waals surface area (Å²) in [6, 6.07) is 12.3. The molecule has 23 heavy (non-hydrogen) atoms. The number of thiophene rings is 1. The van der Waals surface area contributed by atoms with Crippen LogP contribution >= 0.6 is 27.3 Å². The summed E-state index contributed by atoms with van der Waals surface area (Å²) in [7, 11) is 0. The van der Waals surface area contributed by atoms with E-state index in [9.17, 15) is 9.59 Å². The Hall–Kier alpha value is -2.45. The quantitative estimate of drug-likeness (QED) is 0.600. The Morgan fingerprint density at radius 3 is 2.52 bits per heavy atom. The zero-order valence-electron chi connectivity index (χ0n) is 11.7. The highest BCUT2D eigenvalue weighted by molar-refractivity contribution is 9.10. The first kappa shape index (κ1) is 15.4. The number of benzene rings is 1. The Labute approximate surface area is 144 Å². The van der Waals surface area contributed by atoms with Gasteiger partial charge in [-0.2, -0.15) is 5.10 Å². The Kier molecular flexibility index (Phi) is 4.54. The second-order valence-corrected chi connectivity index (χ2v) is 6.42. The number of hydrogen-bond acceptors (Lipinski definition) is 4. The van der Waals surface area contributed by atoms with E-state index in [1.54, 1.807) is 41.7 Å². The van der Waals surface area contributed by atoms with Gasteiger partial charge < -0.3 is 0 Å². The molecular weight excluding hydrogens is 380 g/mol. The number of hydrazine groups is 1. The minimum Gasteiger partial charge on any atom is -0.276 e. The van der Waals surface area contributed by atoms with E-state index in [1.807, 2.05) is 17.5 Å². The van der Waals surface area contributed by atoms with Gasteiger partial charge in [-0.15, -0.1) is 11.3 Å². The van der Waals surface area contributed by atoms with Gasteiger partial charge >= 0.3 is 0 Å². The molecule has 3 rings (SSSR count). The largest absolute Gasteiger partial charge is 0.290 e. The third-order valence-corrected chi connectivity index (χ3v) is 4.42. The molecule has 0 atom stereocenters. The third kappa shape index (κ3) is 3.66.